The summed E-state index contributed by atoms with van der Waals surface area (Å²) in [6.45, 7) is 0.980. The van der Waals surface area contributed by atoms with E-state index in [9.17, 15) is 4.39 Å². The second kappa shape index (κ2) is 5.25. The summed E-state index contributed by atoms with van der Waals surface area (Å²) in [7, 11) is 0. The van der Waals surface area contributed by atoms with Gasteiger partial charge in [-0.1, -0.05) is 22.4 Å². The first-order chi connectivity index (χ1) is 7.68. The Labute approximate surface area is 104 Å². The molecule has 2 atom stereocenters. The standard InChI is InChI=1S/C12H16BrFN2/c13-8-4-5-10(14)9(7-8)12(15)11-3-1-2-6-16-11/h4-5,7,11-12,16H,1-3,6,15H2. The van der Waals surface area contributed by atoms with Crippen LogP contribution in [-0.4, -0.2) is 12.6 Å². The van der Waals surface area contributed by atoms with Gasteiger partial charge in [0.25, 0.3) is 0 Å². The molecule has 0 radical (unpaired) electrons. The molecule has 2 rings (SSSR count). The highest BCUT2D eigenvalue weighted by molar-refractivity contribution is 9.10. The predicted octanol–water partition coefficient (Wildman–Crippen LogP) is 2.73. The molecule has 0 saturated carbocycles. The zero-order valence-corrected chi connectivity index (χ0v) is 10.6. The summed E-state index contributed by atoms with van der Waals surface area (Å²) in [6.07, 6.45) is 3.37. The molecule has 2 unspecified atom stereocenters. The highest BCUT2D eigenvalue weighted by atomic mass is 79.9. The first-order valence-corrected chi connectivity index (χ1v) is 6.41. The predicted molar refractivity (Wildman–Crippen MR) is 66.7 cm³/mol. The van der Waals surface area contributed by atoms with E-state index in [4.69, 9.17) is 5.73 Å². The molecular weight excluding hydrogens is 271 g/mol. The molecule has 2 nitrogen and oxygen atoms in total. The highest BCUT2D eigenvalue weighted by Crippen LogP contribution is 2.25. The van der Waals surface area contributed by atoms with Crippen LogP contribution in [0.25, 0.3) is 0 Å². The number of halogens is 2. The molecule has 88 valence electrons. The van der Waals surface area contributed by atoms with Crippen molar-refractivity contribution in [1.29, 1.82) is 0 Å². The largest absolute Gasteiger partial charge is 0.323 e. The highest BCUT2D eigenvalue weighted by Gasteiger charge is 2.23. The smallest absolute Gasteiger partial charge is 0.128 e. The van der Waals surface area contributed by atoms with E-state index >= 15 is 0 Å². The number of piperidine rings is 1. The van der Waals surface area contributed by atoms with Crippen LogP contribution in [0.3, 0.4) is 0 Å². The number of rotatable bonds is 2. The van der Waals surface area contributed by atoms with Crippen LogP contribution in [0.5, 0.6) is 0 Å². The molecule has 1 aliphatic rings. The van der Waals surface area contributed by atoms with E-state index in [1.54, 1.807) is 12.1 Å². The first kappa shape index (κ1) is 12.0. The molecule has 1 saturated heterocycles. The molecule has 0 aliphatic carbocycles. The first-order valence-electron chi connectivity index (χ1n) is 5.62. The van der Waals surface area contributed by atoms with Gasteiger partial charge < -0.3 is 11.1 Å². The molecule has 0 bridgehead atoms. The van der Waals surface area contributed by atoms with Crippen LogP contribution in [0.1, 0.15) is 30.9 Å². The third-order valence-electron chi connectivity index (χ3n) is 3.10. The van der Waals surface area contributed by atoms with Crippen LogP contribution in [0.4, 0.5) is 4.39 Å². The summed E-state index contributed by atoms with van der Waals surface area (Å²) in [5, 5.41) is 3.36. The van der Waals surface area contributed by atoms with Gasteiger partial charge in [-0.2, -0.15) is 0 Å². The van der Waals surface area contributed by atoms with Crippen molar-refractivity contribution in [3.8, 4) is 0 Å². The maximum absolute atomic E-state index is 13.6. The fourth-order valence-electron chi connectivity index (χ4n) is 2.17. The molecule has 1 aromatic rings. The number of benzene rings is 1. The Morgan fingerprint density at radius 2 is 2.25 bits per heavy atom. The molecule has 1 aromatic carbocycles. The van der Waals surface area contributed by atoms with E-state index in [0.29, 0.717) is 5.56 Å². The molecule has 1 fully saturated rings. The Hall–Kier alpha value is -0.450. The van der Waals surface area contributed by atoms with E-state index in [2.05, 4.69) is 21.2 Å². The topological polar surface area (TPSA) is 38.0 Å². The van der Waals surface area contributed by atoms with E-state index in [0.717, 1.165) is 17.4 Å². The minimum atomic E-state index is -0.266. The van der Waals surface area contributed by atoms with E-state index < -0.39 is 0 Å². The van der Waals surface area contributed by atoms with Crippen molar-refractivity contribution in [3.63, 3.8) is 0 Å². The average molecular weight is 287 g/mol. The Morgan fingerprint density at radius 3 is 2.94 bits per heavy atom. The van der Waals surface area contributed by atoms with E-state index in [-0.39, 0.29) is 17.9 Å². The lowest BCUT2D eigenvalue weighted by molar-refractivity contribution is 0.348. The molecule has 0 spiro atoms. The zero-order valence-electron chi connectivity index (χ0n) is 9.05. The lowest BCUT2D eigenvalue weighted by atomic mass is 9.93. The van der Waals surface area contributed by atoms with Crippen LogP contribution in [-0.2, 0) is 0 Å². The van der Waals surface area contributed by atoms with Gasteiger partial charge in [0.2, 0.25) is 0 Å². The van der Waals surface area contributed by atoms with Gasteiger partial charge >= 0.3 is 0 Å². The van der Waals surface area contributed by atoms with Crippen molar-refractivity contribution in [2.45, 2.75) is 31.3 Å². The maximum Gasteiger partial charge on any atom is 0.128 e. The van der Waals surface area contributed by atoms with Crippen LogP contribution < -0.4 is 11.1 Å². The SMILES string of the molecule is NC(c1cc(Br)ccc1F)C1CCCCN1. The van der Waals surface area contributed by atoms with Crippen molar-refractivity contribution < 1.29 is 4.39 Å². The second-order valence-electron chi connectivity index (χ2n) is 4.25. The number of hydrogen-bond acceptors (Lipinski definition) is 2. The number of nitrogens with two attached hydrogens (primary N) is 1. The molecular formula is C12H16BrFN2. The van der Waals surface area contributed by atoms with Gasteiger partial charge in [-0.15, -0.1) is 0 Å². The molecule has 0 aromatic heterocycles. The molecule has 1 heterocycles. The second-order valence-corrected chi connectivity index (χ2v) is 5.16. The molecule has 3 N–H and O–H groups in total. The summed E-state index contributed by atoms with van der Waals surface area (Å²) in [4.78, 5) is 0. The van der Waals surface area contributed by atoms with Crippen molar-refractivity contribution in [1.82, 2.24) is 5.32 Å². The van der Waals surface area contributed by atoms with Crippen molar-refractivity contribution in [2.75, 3.05) is 6.54 Å². The third kappa shape index (κ3) is 2.62. The Kier molecular flexibility index (Phi) is 3.95. The fourth-order valence-corrected chi connectivity index (χ4v) is 2.55. The summed E-state index contributed by atoms with van der Waals surface area (Å²) in [5.41, 5.74) is 6.71. The van der Waals surface area contributed by atoms with E-state index in [1.807, 2.05) is 0 Å². The molecule has 16 heavy (non-hydrogen) atoms. The number of nitrogens with one attached hydrogen (secondary N) is 1. The normalized spacial score (nSPS) is 23.1. The van der Waals surface area contributed by atoms with Crippen molar-refractivity contribution in [2.24, 2.45) is 5.73 Å². The summed E-state index contributed by atoms with van der Waals surface area (Å²) in [6, 6.07) is 4.86. The molecule has 4 heteroatoms. The van der Waals surface area contributed by atoms with Gasteiger partial charge in [-0.3, -0.25) is 0 Å². The maximum atomic E-state index is 13.6. The third-order valence-corrected chi connectivity index (χ3v) is 3.59. The lowest BCUT2D eigenvalue weighted by Gasteiger charge is -2.29. The minimum Gasteiger partial charge on any atom is -0.323 e. The Morgan fingerprint density at radius 1 is 1.44 bits per heavy atom. The van der Waals surface area contributed by atoms with Crippen LogP contribution >= 0.6 is 15.9 Å². The minimum absolute atomic E-state index is 0.192. The summed E-state index contributed by atoms with van der Waals surface area (Å²) < 4.78 is 14.5. The van der Waals surface area contributed by atoms with Crippen LogP contribution in [0.15, 0.2) is 22.7 Å². The van der Waals surface area contributed by atoms with Gasteiger partial charge in [0, 0.05) is 22.1 Å². The van der Waals surface area contributed by atoms with Crippen molar-refractivity contribution in [3.05, 3.63) is 34.1 Å². The molecule has 0 amide bonds. The monoisotopic (exact) mass is 286 g/mol. The van der Waals surface area contributed by atoms with E-state index in [1.165, 1.54) is 18.9 Å². The fraction of sp³-hybridized carbons (Fsp3) is 0.500. The quantitative estimate of drug-likeness (QED) is 0.877. The van der Waals surface area contributed by atoms with Gasteiger partial charge in [0.1, 0.15) is 5.82 Å². The van der Waals surface area contributed by atoms with Crippen molar-refractivity contribution >= 4 is 15.9 Å². The Bertz CT molecular complexity index is 364. The summed E-state index contributed by atoms with van der Waals surface area (Å²) in [5.74, 6) is -0.219. The number of hydrogen-bond donors (Lipinski definition) is 2. The van der Waals surface area contributed by atoms with Crippen LogP contribution in [0.2, 0.25) is 0 Å². The average Bonchev–Trinajstić information content (AvgIpc) is 2.32. The molecule has 1 aliphatic heterocycles. The zero-order chi connectivity index (χ0) is 11.5. The van der Waals surface area contributed by atoms with Crippen LogP contribution in [0, 0.1) is 5.82 Å². The lowest BCUT2D eigenvalue weighted by Crippen LogP contribution is -2.42. The van der Waals surface area contributed by atoms with Gasteiger partial charge in [0.05, 0.1) is 0 Å². The van der Waals surface area contributed by atoms with Gasteiger partial charge in [-0.25, -0.2) is 4.39 Å². The summed E-state index contributed by atoms with van der Waals surface area (Å²) >= 11 is 3.35. The Balaban J connectivity index is 2.18. The van der Waals surface area contributed by atoms with Gasteiger partial charge in [0.15, 0.2) is 0 Å². The van der Waals surface area contributed by atoms with Gasteiger partial charge in [-0.05, 0) is 37.6 Å².